The maximum Gasteiger partial charge on any atom is 0.259 e. The fourth-order valence-corrected chi connectivity index (χ4v) is 2.81. The number of amides is 1. The number of fused-ring (bicyclic) bond motifs is 1. The molecule has 2 N–H and O–H groups in total. The van der Waals surface area contributed by atoms with Crippen molar-refractivity contribution >= 4 is 29.0 Å². The van der Waals surface area contributed by atoms with Gasteiger partial charge in [0.2, 0.25) is 0 Å². The number of carbonyl (C=O) groups excluding carboxylic acids is 1. The Morgan fingerprint density at radius 1 is 1.19 bits per heavy atom. The van der Waals surface area contributed by atoms with Gasteiger partial charge in [-0.05, 0) is 48.1 Å². The lowest BCUT2D eigenvalue weighted by molar-refractivity contribution is 0.0766. The van der Waals surface area contributed by atoms with Crippen LogP contribution in [0.1, 0.15) is 15.9 Å². The number of H-pyrrole nitrogens is 2. The van der Waals surface area contributed by atoms with E-state index in [1.165, 1.54) is 17.0 Å². The Bertz CT molecular complexity index is 1130. The van der Waals surface area contributed by atoms with E-state index in [4.69, 9.17) is 18.6 Å². The van der Waals surface area contributed by atoms with Gasteiger partial charge in [-0.25, -0.2) is 4.39 Å². The molecule has 0 aliphatic heterocycles. The van der Waals surface area contributed by atoms with Crippen molar-refractivity contribution < 1.29 is 9.18 Å². The van der Waals surface area contributed by atoms with Crippen LogP contribution in [0, 0.1) is 22.9 Å². The molecule has 1 aromatic heterocycles. The zero-order chi connectivity index (χ0) is 18.7. The number of terminal acetylenes is 1. The number of nitrogens with one attached hydrogen (secondary N) is 2. The van der Waals surface area contributed by atoms with Gasteiger partial charge in [-0.1, -0.05) is 18.1 Å². The molecule has 1 heterocycles. The monoisotopic (exact) mass is 367 g/mol. The third-order valence-corrected chi connectivity index (χ3v) is 4.05. The summed E-state index contributed by atoms with van der Waals surface area (Å²) >= 11 is 4.96. The van der Waals surface area contributed by atoms with Gasteiger partial charge in [0.05, 0.1) is 17.4 Å². The van der Waals surface area contributed by atoms with Crippen LogP contribution in [0.3, 0.4) is 0 Å². The van der Waals surface area contributed by atoms with E-state index in [2.05, 4.69) is 15.9 Å². The molecule has 5 nitrogen and oxygen atoms in total. The molecule has 0 unspecified atom stereocenters. The summed E-state index contributed by atoms with van der Waals surface area (Å²) in [6.45, 7) is 0.340. The normalized spacial score (nSPS) is 10.5. The number of aromatic nitrogens is 2. The van der Waals surface area contributed by atoms with Gasteiger partial charge in [0.25, 0.3) is 11.5 Å². The molecule has 0 spiro atoms. The Kier molecular flexibility index (Phi) is 4.96. The van der Waals surface area contributed by atoms with Crippen LogP contribution in [-0.2, 0) is 6.54 Å². The number of hydrogen-bond donors (Lipinski definition) is 2. The summed E-state index contributed by atoms with van der Waals surface area (Å²) in [4.78, 5) is 31.6. The molecule has 0 radical (unpaired) electrons. The van der Waals surface area contributed by atoms with Gasteiger partial charge in [-0.3, -0.25) is 14.6 Å². The van der Waals surface area contributed by atoms with Crippen LogP contribution in [0.15, 0.2) is 47.3 Å². The first-order valence-corrected chi connectivity index (χ1v) is 8.12. The minimum absolute atomic E-state index is 0.0968. The number of carbonyl (C=O) groups is 1. The second-order valence-electron chi connectivity index (χ2n) is 5.66. The smallest absolute Gasteiger partial charge is 0.259 e. The Balaban J connectivity index is 1.95. The summed E-state index contributed by atoms with van der Waals surface area (Å²) in [6, 6.07) is 10.5. The molecule has 7 heteroatoms. The molecule has 0 saturated heterocycles. The van der Waals surface area contributed by atoms with Gasteiger partial charge in [0, 0.05) is 12.1 Å². The molecule has 26 heavy (non-hydrogen) atoms. The van der Waals surface area contributed by atoms with Crippen LogP contribution >= 0.6 is 12.2 Å². The Morgan fingerprint density at radius 3 is 2.62 bits per heavy atom. The SMILES string of the molecule is C#CCN(Cc1ccc(F)cc1)C(=O)c1ccc2c(=O)[nH]c(=S)[nH]c2c1. The lowest BCUT2D eigenvalue weighted by atomic mass is 10.1. The highest BCUT2D eigenvalue weighted by molar-refractivity contribution is 7.71. The Labute approximate surface area is 153 Å². The fraction of sp³-hybridized carbons (Fsp3) is 0.105. The molecule has 0 atom stereocenters. The molecule has 0 bridgehead atoms. The van der Waals surface area contributed by atoms with E-state index in [1.54, 1.807) is 30.3 Å². The van der Waals surface area contributed by atoms with E-state index in [9.17, 15) is 14.0 Å². The van der Waals surface area contributed by atoms with E-state index < -0.39 is 0 Å². The van der Waals surface area contributed by atoms with Crippen LogP contribution in [0.2, 0.25) is 0 Å². The molecule has 3 rings (SSSR count). The van der Waals surface area contributed by atoms with Crippen LogP contribution in [0.5, 0.6) is 0 Å². The summed E-state index contributed by atoms with van der Waals surface area (Å²) in [5.41, 5.74) is 1.26. The van der Waals surface area contributed by atoms with Crippen LogP contribution in [0.4, 0.5) is 4.39 Å². The largest absolute Gasteiger partial charge is 0.332 e. The predicted molar refractivity (Wildman–Crippen MR) is 99.7 cm³/mol. The second kappa shape index (κ2) is 7.33. The Morgan fingerprint density at radius 2 is 1.92 bits per heavy atom. The molecule has 0 fully saturated rings. The average Bonchev–Trinajstić information content (AvgIpc) is 2.62. The molecular formula is C19H14FN3O2S. The highest BCUT2D eigenvalue weighted by Gasteiger charge is 2.16. The maximum atomic E-state index is 13.1. The van der Waals surface area contributed by atoms with Crippen molar-refractivity contribution in [2.24, 2.45) is 0 Å². The van der Waals surface area contributed by atoms with Crippen molar-refractivity contribution in [2.75, 3.05) is 6.54 Å². The standard InChI is InChI=1S/C19H14FN3O2S/c1-2-9-23(11-12-3-6-14(20)7-4-12)18(25)13-5-8-15-16(10-13)21-19(26)22-17(15)24/h1,3-8,10H,9,11H2,(H2,21,22,24,26). The summed E-state index contributed by atoms with van der Waals surface area (Å²) in [7, 11) is 0. The van der Waals surface area contributed by atoms with E-state index in [1.807, 2.05) is 0 Å². The Hall–Kier alpha value is -3.24. The van der Waals surface area contributed by atoms with Gasteiger partial charge < -0.3 is 9.88 Å². The van der Waals surface area contributed by atoms with Gasteiger partial charge >= 0.3 is 0 Å². The van der Waals surface area contributed by atoms with Gasteiger partial charge in [0.15, 0.2) is 4.77 Å². The third kappa shape index (κ3) is 3.71. The summed E-state index contributed by atoms with van der Waals surface area (Å²) in [6.07, 6.45) is 5.38. The lowest BCUT2D eigenvalue weighted by Crippen LogP contribution is -2.31. The highest BCUT2D eigenvalue weighted by Crippen LogP contribution is 2.14. The van der Waals surface area contributed by atoms with Gasteiger partial charge in [-0.15, -0.1) is 6.42 Å². The van der Waals surface area contributed by atoms with E-state index in [0.29, 0.717) is 16.5 Å². The van der Waals surface area contributed by atoms with E-state index in [-0.39, 0.29) is 35.1 Å². The summed E-state index contributed by atoms with van der Waals surface area (Å²) in [5.74, 6) is 1.81. The summed E-state index contributed by atoms with van der Waals surface area (Å²) in [5, 5.41) is 0.400. The highest BCUT2D eigenvalue weighted by atomic mass is 32.1. The van der Waals surface area contributed by atoms with Crippen LogP contribution in [-0.4, -0.2) is 27.3 Å². The predicted octanol–water partition coefficient (Wildman–Crippen LogP) is 3.00. The first-order valence-electron chi connectivity index (χ1n) is 7.71. The minimum atomic E-state index is -0.349. The lowest BCUT2D eigenvalue weighted by Gasteiger charge is -2.20. The first-order chi connectivity index (χ1) is 12.5. The number of rotatable bonds is 4. The molecule has 0 aliphatic carbocycles. The molecule has 130 valence electrons. The molecule has 0 aliphatic rings. The third-order valence-electron chi connectivity index (χ3n) is 3.84. The quantitative estimate of drug-likeness (QED) is 0.550. The van der Waals surface area contributed by atoms with Crippen LogP contribution in [0.25, 0.3) is 10.9 Å². The van der Waals surface area contributed by atoms with Gasteiger partial charge in [0.1, 0.15) is 5.82 Å². The molecule has 2 aromatic carbocycles. The topological polar surface area (TPSA) is 69.0 Å². The molecule has 1 amide bonds. The zero-order valence-electron chi connectivity index (χ0n) is 13.6. The van der Waals surface area contributed by atoms with Crippen molar-refractivity contribution in [3.05, 3.63) is 74.5 Å². The number of nitrogens with zero attached hydrogens (tertiary/aromatic N) is 1. The number of benzene rings is 2. The minimum Gasteiger partial charge on any atom is -0.332 e. The van der Waals surface area contributed by atoms with E-state index in [0.717, 1.165) is 5.56 Å². The van der Waals surface area contributed by atoms with Crippen molar-refractivity contribution in [1.29, 1.82) is 0 Å². The van der Waals surface area contributed by atoms with Crippen molar-refractivity contribution in [2.45, 2.75) is 6.54 Å². The fourth-order valence-electron chi connectivity index (χ4n) is 2.61. The number of aromatic amines is 2. The zero-order valence-corrected chi connectivity index (χ0v) is 14.4. The van der Waals surface area contributed by atoms with Crippen molar-refractivity contribution in [1.82, 2.24) is 14.9 Å². The summed E-state index contributed by atoms with van der Waals surface area (Å²) < 4.78 is 13.2. The van der Waals surface area contributed by atoms with Crippen molar-refractivity contribution in [3.8, 4) is 12.3 Å². The van der Waals surface area contributed by atoms with Gasteiger partial charge in [-0.2, -0.15) is 0 Å². The first kappa shape index (κ1) is 17.6. The number of hydrogen-bond acceptors (Lipinski definition) is 3. The molecule has 0 saturated carbocycles. The second-order valence-corrected chi connectivity index (χ2v) is 6.07. The number of halogens is 1. The molecule has 3 aromatic rings. The van der Waals surface area contributed by atoms with Crippen molar-refractivity contribution in [3.63, 3.8) is 0 Å². The molecular weight excluding hydrogens is 353 g/mol. The average molecular weight is 367 g/mol. The maximum absolute atomic E-state index is 13.1. The van der Waals surface area contributed by atoms with E-state index >= 15 is 0 Å². The van der Waals surface area contributed by atoms with Crippen LogP contribution < -0.4 is 5.56 Å².